The van der Waals surface area contributed by atoms with Crippen LogP contribution in [0.1, 0.15) is 0 Å². The van der Waals surface area contributed by atoms with Gasteiger partial charge >= 0.3 is 6.18 Å². The maximum Gasteiger partial charge on any atom is 0.449 e. The number of alkyl halides is 3. The van der Waals surface area contributed by atoms with Crippen LogP contribution in [0.4, 0.5) is 13.2 Å². The summed E-state index contributed by atoms with van der Waals surface area (Å²) in [4.78, 5) is 25.1. The van der Waals surface area contributed by atoms with Gasteiger partial charge in [0.2, 0.25) is 11.2 Å². The van der Waals surface area contributed by atoms with Crippen molar-refractivity contribution >= 4 is 27.8 Å². The van der Waals surface area contributed by atoms with Crippen LogP contribution in [-0.4, -0.2) is 15.8 Å². The molecule has 2 aromatic carbocycles. The molecule has 0 fully saturated rings. The second-order valence-corrected chi connectivity index (χ2v) is 5.41. The Balaban J connectivity index is 2.46. The Kier molecular flexibility index (Phi) is 2.96. The van der Waals surface area contributed by atoms with Gasteiger partial charge in [0.1, 0.15) is 10.9 Å². The number of aliphatic hydroxyl groups is 1. The topological polar surface area (TPSA) is 72.4 Å². The number of aromatic nitrogens is 1. The van der Waals surface area contributed by atoms with E-state index in [9.17, 15) is 27.9 Å². The van der Waals surface area contributed by atoms with Gasteiger partial charge in [-0.25, -0.2) is 0 Å². The zero-order chi connectivity index (χ0) is 17.9. The molecule has 0 saturated heterocycles. The van der Waals surface area contributed by atoms with Gasteiger partial charge in [-0.15, -0.1) is 0 Å². The minimum Gasteiger partial charge on any atom is -0.504 e. The average molecular weight is 347 g/mol. The lowest BCUT2D eigenvalue weighted by atomic mass is 10.1. The summed E-state index contributed by atoms with van der Waals surface area (Å²) in [5.41, 5.74) is -1.78. The predicted molar refractivity (Wildman–Crippen MR) is 84.1 cm³/mol. The number of pyridine rings is 1. The highest BCUT2D eigenvalue weighted by Gasteiger charge is 2.37. The molecule has 4 rings (SSSR count). The first kappa shape index (κ1) is 15.3. The average Bonchev–Trinajstić information content (AvgIpc) is 2.57. The lowest BCUT2D eigenvalue weighted by molar-refractivity contribution is -0.0898. The van der Waals surface area contributed by atoms with Crippen molar-refractivity contribution in [3.05, 3.63) is 68.3 Å². The van der Waals surface area contributed by atoms with Crippen LogP contribution >= 0.6 is 0 Å². The number of para-hydroxylation sites is 3. The molecule has 0 radical (unpaired) electrons. The number of hydrogen-bond acceptors (Lipinski definition) is 4. The summed E-state index contributed by atoms with van der Waals surface area (Å²) >= 11 is 0. The van der Waals surface area contributed by atoms with Gasteiger partial charge in [-0.1, -0.05) is 18.2 Å². The van der Waals surface area contributed by atoms with E-state index in [1.54, 1.807) is 18.2 Å². The van der Waals surface area contributed by atoms with Gasteiger partial charge in [-0.2, -0.15) is 13.2 Å². The van der Waals surface area contributed by atoms with Crippen molar-refractivity contribution in [3.8, 4) is 5.69 Å². The van der Waals surface area contributed by atoms with E-state index in [2.05, 4.69) is 0 Å². The summed E-state index contributed by atoms with van der Waals surface area (Å²) < 4.78 is 45.4. The monoisotopic (exact) mass is 347 g/mol. The second kappa shape index (κ2) is 4.85. The molecule has 8 heteroatoms. The van der Waals surface area contributed by atoms with Crippen molar-refractivity contribution in [2.45, 2.75) is 6.18 Å². The van der Waals surface area contributed by atoms with E-state index in [4.69, 9.17) is 4.42 Å². The van der Waals surface area contributed by atoms with Crippen LogP contribution in [0.15, 0.2) is 56.5 Å². The maximum absolute atomic E-state index is 12.9. The maximum atomic E-state index is 12.9. The first-order valence-electron chi connectivity index (χ1n) is 7.10. The van der Waals surface area contributed by atoms with E-state index in [1.807, 2.05) is 0 Å². The smallest absolute Gasteiger partial charge is 0.449 e. The van der Waals surface area contributed by atoms with Crippen LogP contribution in [0.25, 0.3) is 33.5 Å². The molecule has 2 aromatic rings. The van der Waals surface area contributed by atoms with Gasteiger partial charge in [0.05, 0.1) is 10.9 Å². The van der Waals surface area contributed by atoms with Gasteiger partial charge in [-0.3, -0.25) is 14.2 Å². The minimum atomic E-state index is -5.22. The molecule has 0 spiro atoms. The highest BCUT2D eigenvalue weighted by Crippen LogP contribution is 2.28. The molecule has 0 atom stereocenters. The lowest BCUT2D eigenvalue weighted by Gasteiger charge is -2.16. The van der Waals surface area contributed by atoms with E-state index in [0.29, 0.717) is 0 Å². The zero-order valence-electron chi connectivity index (χ0n) is 12.3. The number of hydrogen-bond donors (Lipinski definition) is 1. The number of aliphatic hydroxyl groups excluding tert-OH is 1. The van der Waals surface area contributed by atoms with Crippen LogP contribution in [0.5, 0.6) is 0 Å². The predicted octanol–water partition coefficient (Wildman–Crippen LogP) is 2.48. The van der Waals surface area contributed by atoms with Crippen molar-refractivity contribution in [1.82, 2.24) is 4.57 Å². The summed E-state index contributed by atoms with van der Waals surface area (Å²) in [6, 6.07) is 10.4. The van der Waals surface area contributed by atoms with Crippen molar-refractivity contribution in [2.24, 2.45) is 0 Å². The number of fused-ring (bicyclic) bond motifs is 2. The van der Waals surface area contributed by atoms with Crippen LogP contribution in [0, 0.1) is 0 Å². The standard InChI is InChI=1S/C17H8F3NO4/c18-17(19,20)15(23)12-14(22)8-4-3-7-11-13(8)21(16(12)24)9-5-1-2-6-10(9)25-11/h1-7,23H/b15-12+. The van der Waals surface area contributed by atoms with Gasteiger partial charge < -0.3 is 9.52 Å². The van der Waals surface area contributed by atoms with Crippen molar-refractivity contribution < 1.29 is 22.7 Å². The molecule has 2 heterocycles. The molecule has 126 valence electrons. The molecule has 0 aromatic heterocycles. The molecule has 1 N–H and O–H groups in total. The molecule has 25 heavy (non-hydrogen) atoms. The first-order chi connectivity index (χ1) is 11.8. The number of rotatable bonds is 0. The summed E-state index contributed by atoms with van der Waals surface area (Å²) in [6.45, 7) is 0. The molecule has 0 amide bonds. The third-order valence-electron chi connectivity index (χ3n) is 3.94. The Hall–Kier alpha value is -3.29. The first-order valence-corrected chi connectivity index (χ1v) is 7.10. The van der Waals surface area contributed by atoms with Crippen molar-refractivity contribution in [1.29, 1.82) is 0 Å². The van der Waals surface area contributed by atoms with Crippen molar-refractivity contribution in [3.63, 3.8) is 0 Å². The van der Waals surface area contributed by atoms with Crippen molar-refractivity contribution in [2.75, 3.05) is 0 Å². The molecule has 0 aliphatic carbocycles. The summed E-state index contributed by atoms with van der Waals surface area (Å²) in [7, 11) is 0. The summed E-state index contributed by atoms with van der Waals surface area (Å²) in [5, 5.41) is 8.01. The fourth-order valence-electron chi connectivity index (χ4n) is 2.89. The molecule has 0 unspecified atom stereocenters. The van der Waals surface area contributed by atoms with Gasteiger partial charge in [0.15, 0.2) is 11.2 Å². The molecular formula is C17H8F3NO4. The normalized spacial score (nSPS) is 13.7. The quantitative estimate of drug-likeness (QED) is 0.392. The highest BCUT2D eigenvalue weighted by molar-refractivity contribution is 5.89. The largest absolute Gasteiger partial charge is 0.504 e. The molecule has 2 aliphatic heterocycles. The van der Waals surface area contributed by atoms with E-state index in [-0.39, 0.29) is 27.8 Å². The Morgan fingerprint density at radius 3 is 2.40 bits per heavy atom. The van der Waals surface area contributed by atoms with Crippen LogP contribution in [0.2, 0.25) is 0 Å². The van der Waals surface area contributed by atoms with Gasteiger partial charge in [0.25, 0.3) is 5.56 Å². The Morgan fingerprint density at radius 1 is 1.00 bits per heavy atom. The zero-order valence-corrected chi connectivity index (χ0v) is 12.3. The van der Waals surface area contributed by atoms with Gasteiger partial charge in [-0.05, 0) is 24.3 Å². The van der Waals surface area contributed by atoms with Crippen LogP contribution in [0.3, 0.4) is 0 Å². The third kappa shape index (κ3) is 2.03. The van der Waals surface area contributed by atoms with Crippen LogP contribution < -0.4 is 16.2 Å². The highest BCUT2D eigenvalue weighted by atomic mass is 19.4. The molecule has 2 aliphatic rings. The third-order valence-corrected chi connectivity index (χ3v) is 3.94. The number of halogens is 3. The Morgan fingerprint density at radius 2 is 1.68 bits per heavy atom. The van der Waals surface area contributed by atoms with E-state index >= 15 is 0 Å². The Bertz CT molecular complexity index is 1280. The summed E-state index contributed by atoms with van der Waals surface area (Å²) in [6.07, 6.45) is -5.22. The fourth-order valence-corrected chi connectivity index (χ4v) is 2.89. The number of benzene rings is 2. The molecule has 0 bridgehead atoms. The lowest BCUT2D eigenvalue weighted by Crippen LogP contribution is -2.48. The van der Waals surface area contributed by atoms with Crippen LogP contribution in [-0.2, 0) is 0 Å². The minimum absolute atomic E-state index is 0.0647. The molecule has 5 nitrogen and oxygen atoms in total. The molecule has 0 saturated carbocycles. The number of nitrogens with zero attached hydrogens (tertiary/aromatic N) is 1. The van der Waals surface area contributed by atoms with E-state index in [1.165, 1.54) is 24.3 Å². The molecular weight excluding hydrogens is 339 g/mol. The SMILES string of the molecule is O=c1/c(=C(\O)C(F)(F)F)c(=O)n2c3ccccc3oc3cccc1c3-2. The fraction of sp³-hybridized carbons (Fsp3) is 0.0588. The second-order valence-electron chi connectivity index (χ2n) is 5.41. The van der Waals surface area contributed by atoms with Gasteiger partial charge in [0, 0.05) is 0 Å². The Labute approximate surface area is 136 Å². The summed E-state index contributed by atoms with van der Waals surface area (Å²) in [5.74, 6) is -2.21. The van der Waals surface area contributed by atoms with E-state index < -0.39 is 28.1 Å². The van der Waals surface area contributed by atoms with E-state index in [0.717, 1.165) is 4.57 Å².